The van der Waals surface area contributed by atoms with Crippen LogP contribution in [0.4, 0.5) is 8.78 Å². The number of carbonyl (C=O) groups excluding carboxylic acids is 2. The third-order valence-corrected chi connectivity index (χ3v) is 3.19. The molecule has 0 aromatic heterocycles. The van der Waals surface area contributed by atoms with Gasteiger partial charge >= 0.3 is 5.97 Å². The number of nitrogens with zero attached hydrogens (tertiary/aromatic N) is 1. The fourth-order valence-corrected chi connectivity index (χ4v) is 2.14. The van der Waals surface area contributed by atoms with E-state index in [1.54, 1.807) is 0 Å². The van der Waals surface area contributed by atoms with Gasteiger partial charge in [-0.25, -0.2) is 8.78 Å². The summed E-state index contributed by atoms with van der Waals surface area (Å²) in [5.74, 6) is -3.62. The minimum absolute atomic E-state index is 0.168. The second-order valence-electron chi connectivity index (χ2n) is 4.36. The van der Waals surface area contributed by atoms with E-state index >= 15 is 0 Å². The van der Waals surface area contributed by atoms with Crippen LogP contribution in [0.1, 0.15) is 16.8 Å². The molecule has 0 spiro atoms. The average molecular weight is 269 g/mol. The smallest absolute Gasteiger partial charge is 0.310 e. The van der Waals surface area contributed by atoms with Gasteiger partial charge in [-0.2, -0.15) is 0 Å². The Morgan fingerprint density at radius 3 is 2.79 bits per heavy atom. The van der Waals surface area contributed by atoms with E-state index in [1.807, 2.05) is 0 Å². The molecule has 1 aromatic rings. The van der Waals surface area contributed by atoms with Crippen LogP contribution >= 0.6 is 0 Å². The molecular formula is C13H13F2NO3. The van der Waals surface area contributed by atoms with Gasteiger partial charge in [0.05, 0.1) is 18.6 Å². The van der Waals surface area contributed by atoms with E-state index in [9.17, 15) is 18.4 Å². The number of hydrogen-bond acceptors (Lipinski definition) is 3. The molecule has 0 radical (unpaired) electrons. The van der Waals surface area contributed by atoms with E-state index < -0.39 is 29.4 Å². The van der Waals surface area contributed by atoms with Crippen LogP contribution in [0.25, 0.3) is 0 Å². The molecule has 0 aliphatic carbocycles. The minimum atomic E-state index is -1.16. The lowest BCUT2D eigenvalue weighted by Crippen LogP contribution is -2.31. The average Bonchev–Trinajstić information content (AvgIpc) is 2.90. The summed E-state index contributed by atoms with van der Waals surface area (Å²) in [6, 6.07) is 3.46. The fraction of sp³-hybridized carbons (Fsp3) is 0.385. The molecule has 1 aliphatic heterocycles. The van der Waals surface area contributed by atoms with Gasteiger partial charge in [0.2, 0.25) is 0 Å². The summed E-state index contributed by atoms with van der Waals surface area (Å²) in [5.41, 5.74) is -0.314. The number of methoxy groups -OCH3 is 1. The predicted octanol–water partition coefficient (Wildman–Crippen LogP) is 1.60. The van der Waals surface area contributed by atoms with Crippen LogP contribution in [0.15, 0.2) is 18.2 Å². The zero-order valence-corrected chi connectivity index (χ0v) is 10.4. The van der Waals surface area contributed by atoms with Gasteiger partial charge in [-0.15, -0.1) is 0 Å². The quantitative estimate of drug-likeness (QED) is 0.766. The zero-order chi connectivity index (χ0) is 14.0. The van der Waals surface area contributed by atoms with Crippen LogP contribution in [0.2, 0.25) is 0 Å². The molecule has 102 valence electrons. The van der Waals surface area contributed by atoms with Crippen LogP contribution in [0.3, 0.4) is 0 Å². The summed E-state index contributed by atoms with van der Waals surface area (Å²) in [6.07, 6.45) is 0.468. The second-order valence-corrected chi connectivity index (χ2v) is 4.36. The Labute approximate surface area is 109 Å². The van der Waals surface area contributed by atoms with E-state index in [4.69, 9.17) is 0 Å². The third-order valence-electron chi connectivity index (χ3n) is 3.19. The lowest BCUT2D eigenvalue weighted by molar-refractivity contribution is -0.144. The summed E-state index contributed by atoms with van der Waals surface area (Å²) in [7, 11) is 1.28. The Kier molecular flexibility index (Phi) is 3.78. The Hall–Kier alpha value is -1.98. The van der Waals surface area contributed by atoms with Gasteiger partial charge in [-0.05, 0) is 18.6 Å². The van der Waals surface area contributed by atoms with Gasteiger partial charge in [0, 0.05) is 13.1 Å². The Bertz CT molecular complexity index is 519. The molecule has 1 unspecified atom stereocenters. The van der Waals surface area contributed by atoms with Crippen LogP contribution in [-0.4, -0.2) is 37.0 Å². The number of hydrogen-bond donors (Lipinski definition) is 0. The molecule has 6 heteroatoms. The van der Waals surface area contributed by atoms with Gasteiger partial charge in [0.25, 0.3) is 5.91 Å². The first-order valence-corrected chi connectivity index (χ1v) is 5.85. The van der Waals surface area contributed by atoms with Gasteiger partial charge in [0.15, 0.2) is 11.6 Å². The number of carbonyl (C=O) groups is 2. The molecular weight excluding hydrogens is 256 g/mol. The van der Waals surface area contributed by atoms with E-state index in [1.165, 1.54) is 24.1 Å². The SMILES string of the molecule is COC(=O)C1CCN(C(=O)c2cccc(F)c2F)C1. The topological polar surface area (TPSA) is 46.6 Å². The predicted molar refractivity (Wildman–Crippen MR) is 62.4 cm³/mol. The van der Waals surface area contributed by atoms with Gasteiger partial charge in [0.1, 0.15) is 0 Å². The number of likely N-dealkylation sites (tertiary alicyclic amines) is 1. The maximum atomic E-state index is 13.5. The van der Waals surface area contributed by atoms with Crippen LogP contribution < -0.4 is 0 Å². The highest BCUT2D eigenvalue weighted by Crippen LogP contribution is 2.21. The Morgan fingerprint density at radius 2 is 2.11 bits per heavy atom. The van der Waals surface area contributed by atoms with E-state index in [2.05, 4.69) is 4.74 Å². The highest BCUT2D eigenvalue weighted by molar-refractivity contribution is 5.95. The van der Waals surface area contributed by atoms with Gasteiger partial charge in [-0.3, -0.25) is 9.59 Å². The third kappa shape index (κ3) is 2.57. The van der Waals surface area contributed by atoms with Crippen molar-refractivity contribution in [1.82, 2.24) is 4.90 Å². The largest absolute Gasteiger partial charge is 0.469 e. The van der Waals surface area contributed by atoms with E-state index in [0.717, 1.165) is 6.07 Å². The summed E-state index contributed by atoms with van der Waals surface area (Å²) < 4.78 is 31.2. The van der Waals surface area contributed by atoms with Crippen molar-refractivity contribution < 1.29 is 23.1 Å². The molecule has 1 aromatic carbocycles. The maximum Gasteiger partial charge on any atom is 0.310 e. The number of amides is 1. The van der Waals surface area contributed by atoms with Crippen molar-refractivity contribution in [1.29, 1.82) is 0 Å². The standard InChI is InChI=1S/C13H13F2NO3/c1-19-13(18)8-5-6-16(7-8)12(17)9-3-2-4-10(14)11(9)15/h2-4,8H,5-7H2,1H3. The van der Waals surface area contributed by atoms with Gasteiger partial charge in [-0.1, -0.05) is 6.07 Å². The highest BCUT2D eigenvalue weighted by Gasteiger charge is 2.33. The van der Waals surface area contributed by atoms with Crippen LogP contribution in [0.5, 0.6) is 0 Å². The second kappa shape index (κ2) is 5.34. The fourth-order valence-electron chi connectivity index (χ4n) is 2.14. The zero-order valence-electron chi connectivity index (χ0n) is 10.4. The first kappa shape index (κ1) is 13.5. The molecule has 1 saturated heterocycles. The Morgan fingerprint density at radius 1 is 1.37 bits per heavy atom. The number of esters is 1. The van der Waals surface area contributed by atoms with Crippen molar-refractivity contribution in [2.75, 3.05) is 20.2 Å². The number of halogens is 2. The molecule has 1 atom stereocenters. The normalized spacial score (nSPS) is 18.5. The molecule has 2 rings (SSSR count). The first-order valence-electron chi connectivity index (χ1n) is 5.85. The van der Waals surface area contributed by atoms with Crippen molar-refractivity contribution in [2.24, 2.45) is 5.92 Å². The summed E-state index contributed by atoms with van der Waals surface area (Å²) in [6.45, 7) is 0.496. The number of ether oxygens (including phenoxy) is 1. The van der Waals surface area contributed by atoms with Crippen molar-refractivity contribution in [3.8, 4) is 0 Å². The van der Waals surface area contributed by atoms with Crippen LogP contribution in [-0.2, 0) is 9.53 Å². The first-order chi connectivity index (χ1) is 9.04. The molecule has 1 heterocycles. The van der Waals surface area contributed by atoms with Gasteiger partial charge < -0.3 is 9.64 Å². The van der Waals surface area contributed by atoms with Crippen molar-refractivity contribution in [3.05, 3.63) is 35.4 Å². The van der Waals surface area contributed by atoms with Crippen molar-refractivity contribution >= 4 is 11.9 Å². The number of rotatable bonds is 2. The van der Waals surface area contributed by atoms with E-state index in [0.29, 0.717) is 13.0 Å². The summed E-state index contributed by atoms with van der Waals surface area (Å²) in [5, 5.41) is 0. The minimum Gasteiger partial charge on any atom is -0.469 e. The molecule has 0 saturated carbocycles. The van der Waals surface area contributed by atoms with Crippen LogP contribution in [0, 0.1) is 17.6 Å². The summed E-state index contributed by atoms with van der Waals surface area (Å²) in [4.78, 5) is 24.7. The number of benzene rings is 1. The highest BCUT2D eigenvalue weighted by atomic mass is 19.2. The Balaban J connectivity index is 2.14. The lowest BCUT2D eigenvalue weighted by atomic mass is 10.1. The molecule has 0 bridgehead atoms. The van der Waals surface area contributed by atoms with E-state index in [-0.39, 0.29) is 12.1 Å². The monoisotopic (exact) mass is 269 g/mol. The molecule has 1 amide bonds. The molecule has 1 aliphatic rings. The summed E-state index contributed by atoms with van der Waals surface area (Å²) >= 11 is 0. The maximum absolute atomic E-state index is 13.5. The molecule has 4 nitrogen and oxygen atoms in total. The van der Waals surface area contributed by atoms with Crippen molar-refractivity contribution in [2.45, 2.75) is 6.42 Å². The molecule has 19 heavy (non-hydrogen) atoms. The lowest BCUT2D eigenvalue weighted by Gasteiger charge is -2.16. The molecule has 1 fully saturated rings. The molecule has 0 N–H and O–H groups in total. The van der Waals surface area contributed by atoms with Crippen molar-refractivity contribution in [3.63, 3.8) is 0 Å².